The van der Waals surface area contributed by atoms with Gasteiger partial charge in [0.1, 0.15) is 6.54 Å². The van der Waals surface area contributed by atoms with Gasteiger partial charge in [-0.15, -0.1) is 0 Å². The number of hydrogen-bond acceptors (Lipinski definition) is 3. The van der Waals surface area contributed by atoms with E-state index in [1.54, 1.807) is 12.1 Å². The number of fused-ring (bicyclic) bond motifs is 1. The van der Waals surface area contributed by atoms with Gasteiger partial charge in [0.25, 0.3) is 10.0 Å². The van der Waals surface area contributed by atoms with Crippen molar-refractivity contribution in [1.29, 1.82) is 0 Å². The van der Waals surface area contributed by atoms with E-state index in [1.807, 2.05) is 62.4 Å². The van der Waals surface area contributed by atoms with E-state index in [1.165, 1.54) is 24.3 Å². The molecule has 0 unspecified atom stereocenters. The molecule has 34 heavy (non-hydrogen) atoms. The van der Waals surface area contributed by atoms with Gasteiger partial charge in [-0.05, 0) is 83.8 Å². The number of halogens is 1. The lowest BCUT2D eigenvalue weighted by molar-refractivity contribution is -0.119. The molecule has 0 aromatic heterocycles. The number of hydrogen-bond donors (Lipinski definition) is 1. The van der Waals surface area contributed by atoms with Gasteiger partial charge in [-0.2, -0.15) is 0 Å². The van der Waals surface area contributed by atoms with Crippen LogP contribution in [0.5, 0.6) is 0 Å². The third-order valence-corrected chi connectivity index (χ3v) is 7.81. The molecule has 1 N–H and O–H groups in total. The van der Waals surface area contributed by atoms with Crippen LogP contribution in [0, 0.1) is 13.8 Å². The standard InChI is InChI=1S/C27H25ClN2O3S/c1-19-7-12-25(15-20(19)2)30(34(32,33)26-13-10-24(28)11-14-26)18-27(31)29-17-21-8-9-22-5-3-4-6-23(22)16-21/h3-16H,17-18H2,1-2H3,(H,29,31). The molecule has 174 valence electrons. The number of sulfonamides is 1. The zero-order valence-corrected chi connectivity index (χ0v) is 20.5. The van der Waals surface area contributed by atoms with Crippen LogP contribution in [0.4, 0.5) is 5.69 Å². The van der Waals surface area contributed by atoms with E-state index >= 15 is 0 Å². The molecular formula is C27H25ClN2O3S. The number of nitrogens with zero attached hydrogens (tertiary/aromatic N) is 1. The van der Waals surface area contributed by atoms with Crippen molar-refractivity contribution < 1.29 is 13.2 Å². The zero-order chi connectivity index (χ0) is 24.3. The van der Waals surface area contributed by atoms with Gasteiger partial charge in [-0.1, -0.05) is 54.1 Å². The Hall–Kier alpha value is -3.35. The fourth-order valence-corrected chi connectivity index (χ4v) is 5.20. The molecule has 0 saturated carbocycles. The summed E-state index contributed by atoms with van der Waals surface area (Å²) in [6, 6.07) is 25.2. The number of nitrogens with one attached hydrogen (secondary N) is 1. The molecule has 1 amide bonds. The van der Waals surface area contributed by atoms with Crippen LogP contribution in [0.1, 0.15) is 16.7 Å². The van der Waals surface area contributed by atoms with Crippen molar-refractivity contribution in [3.63, 3.8) is 0 Å². The lowest BCUT2D eigenvalue weighted by Crippen LogP contribution is -2.40. The Balaban J connectivity index is 1.58. The van der Waals surface area contributed by atoms with E-state index in [0.717, 1.165) is 31.8 Å². The zero-order valence-electron chi connectivity index (χ0n) is 19.0. The maximum absolute atomic E-state index is 13.5. The van der Waals surface area contributed by atoms with Crippen LogP contribution < -0.4 is 9.62 Å². The maximum Gasteiger partial charge on any atom is 0.264 e. The average Bonchev–Trinajstić information content (AvgIpc) is 2.83. The van der Waals surface area contributed by atoms with Crippen LogP contribution in [0.3, 0.4) is 0 Å². The quantitative estimate of drug-likeness (QED) is 0.364. The second-order valence-corrected chi connectivity index (χ2v) is 10.5. The minimum atomic E-state index is -3.99. The third kappa shape index (κ3) is 5.24. The van der Waals surface area contributed by atoms with E-state index in [9.17, 15) is 13.2 Å². The highest BCUT2D eigenvalue weighted by atomic mass is 35.5. The second kappa shape index (κ2) is 9.87. The SMILES string of the molecule is Cc1ccc(N(CC(=O)NCc2ccc3ccccc3c2)S(=O)(=O)c2ccc(Cl)cc2)cc1C. The number of aryl methyl sites for hydroxylation is 2. The first-order chi connectivity index (χ1) is 16.2. The van der Waals surface area contributed by atoms with E-state index < -0.39 is 15.9 Å². The van der Waals surface area contributed by atoms with E-state index in [0.29, 0.717) is 17.3 Å². The normalized spacial score (nSPS) is 11.4. The van der Waals surface area contributed by atoms with Crippen molar-refractivity contribution in [3.05, 3.63) is 107 Å². The third-order valence-electron chi connectivity index (χ3n) is 5.77. The first kappa shape index (κ1) is 23.8. The highest BCUT2D eigenvalue weighted by molar-refractivity contribution is 7.92. The summed E-state index contributed by atoms with van der Waals surface area (Å²) in [5.41, 5.74) is 3.34. The number of carbonyl (C=O) groups is 1. The van der Waals surface area contributed by atoms with Crippen LogP contribution >= 0.6 is 11.6 Å². The molecule has 0 heterocycles. The van der Waals surface area contributed by atoms with E-state index in [2.05, 4.69) is 5.32 Å². The van der Waals surface area contributed by atoms with Crippen LogP contribution in [0.15, 0.2) is 89.8 Å². The Kier molecular flexibility index (Phi) is 6.91. The summed E-state index contributed by atoms with van der Waals surface area (Å²) in [7, 11) is -3.99. The Morgan fingerprint density at radius 1 is 0.853 bits per heavy atom. The Labute approximate surface area is 205 Å². The molecule has 0 fully saturated rings. The van der Waals surface area contributed by atoms with Gasteiger partial charge < -0.3 is 5.32 Å². The number of rotatable bonds is 7. The molecule has 0 spiro atoms. The minimum absolute atomic E-state index is 0.0671. The molecule has 5 nitrogen and oxygen atoms in total. The summed E-state index contributed by atoms with van der Waals surface area (Å²) in [6.45, 7) is 3.81. The van der Waals surface area contributed by atoms with Gasteiger partial charge in [-0.25, -0.2) is 8.42 Å². The van der Waals surface area contributed by atoms with Gasteiger partial charge in [-0.3, -0.25) is 9.10 Å². The van der Waals surface area contributed by atoms with Gasteiger partial charge in [0.2, 0.25) is 5.91 Å². The molecule has 4 aromatic carbocycles. The summed E-state index contributed by atoms with van der Waals surface area (Å²) in [4.78, 5) is 13.0. The van der Waals surface area contributed by atoms with Crippen LogP contribution in [0.25, 0.3) is 10.8 Å². The molecule has 0 bridgehead atoms. The summed E-state index contributed by atoms with van der Waals surface area (Å²) >= 11 is 5.94. The van der Waals surface area contributed by atoms with Crippen molar-refractivity contribution in [3.8, 4) is 0 Å². The second-order valence-electron chi connectivity index (χ2n) is 8.19. The fourth-order valence-electron chi connectivity index (χ4n) is 3.67. The maximum atomic E-state index is 13.5. The number of anilines is 1. The number of carbonyl (C=O) groups excluding carboxylic acids is 1. The van der Waals surface area contributed by atoms with Crippen molar-refractivity contribution >= 4 is 44.0 Å². The Bertz CT molecular complexity index is 1450. The molecule has 0 atom stereocenters. The van der Waals surface area contributed by atoms with Crippen LogP contribution in [-0.2, 0) is 21.4 Å². The molecule has 4 aromatic rings. The Morgan fingerprint density at radius 2 is 1.56 bits per heavy atom. The van der Waals surface area contributed by atoms with Crippen molar-refractivity contribution in [2.75, 3.05) is 10.8 Å². The largest absolute Gasteiger partial charge is 0.350 e. The fraction of sp³-hybridized carbons (Fsp3) is 0.148. The Morgan fingerprint density at radius 3 is 2.26 bits per heavy atom. The van der Waals surface area contributed by atoms with Gasteiger partial charge in [0.15, 0.2) is 0 Å². The van der Waals surface area contributed by atoms with Gasteiger partial charge in [0, 0.05) is 11.6 Å². The molecule has 0 aliphatic carbocycles. The first-order valence-electron chi connectivity index (χ1n) is 10.8. The predicted molar refractivity (Wildman–Crippen MR) is 138 cm³/mol. The summed E-state index contributed by atoms with van der Waals surface area (Å²) in [5.74, 6) is -0.399. The molecule has 0 saturated heterocycles. The number of amides is 1. The van der Waals surface area contributed by atoms with Gasteiger partial charge >= 0.3 is 0 Å². The van der Waals surface area contributed by atoms with Crippen molar-refractivity contribution in [1.82, 2.24) is 5.32 Å². The van der Waals surface area contributed by atoms with E-state index in [-0.39, 0.29) is 11.4 Å². The van der Waals surface area contributed by atoms with Crippen LogP contribution in [0.2, 0.25) is 5.02 Å². The highest BCUT2D eigenvalue weighted by Gasteiger charge is 2.27. The molecule has 0 aliphatic heterocycles. The van der Waals surface area contributed by atoms with Crippen molar-refractivity contribution in [2.45, 2.75) is 25.3 Å². The smallest absolute Gasteiger partial charge is 0.264 e. The molecule has 4 rings (SSSR count). The first-order valence-corrected chi connectivity index (χ1v) is 12.7. The lowest BCUT2D eigenvalue weighted by Gasteiger charge is -2.25. The van der Waals surface area contributed by atoms with Gasteiger partial charge in [0.05, 0.1) is 10.6 Å². The lowest BCUT2D eigenvalue weighted by atomic mass is 10.1. The monoisotopic (exact) mass is 492 g/mol. The van der Waals surface area contributed by atoms with Crippen molar-refractivity contribution in [2.24, 2.45) is 0 Å². The predicted octanol–water partition coefficient (Wildman–Crippen LogP) is 5.62. The van der Waals surface area contributed by atoms with E-state index in [4.69, 9.17) is 11.6 Å². The summed E-state index contributed by atoms with van der Waals surface area (Å²) < 4.78 is 28.1. The van der Waals surface area contributed by atoms with Crippen LogP contribution in [-0.4, -0.2) is 20.9 Å². The molecular weight excluding hydrogens is 468 g/mol. The molecule has 0 radical (unpaired) electrons. The number of benzene rings is 4. The summed E-state index contributed by atoms with van der Waals surface area (Å²) in [5, 5.41) is 5.49. The average molecular weight is 493 g/mol. The topological polar surface area (TPSA) is 66.5 Å². The molecule has 0 aliphatic rings. The minimum Gasteiger partial charge on any atom is -0.350 e. The molecule has 7 heteroatoms. The summed E-state index contributed by atoms with van der Waals surface area (Å²) in [6.07, 6.45) is 0. The highest BCUT2D eigenvalue weighted by Crippen LogP contribution is 2.26.